The SMILES string of the molecule is O=C(C1CC1c1ccco1)N(CCO)C1CC1. The number of carbonyl (C=O) groups excluding carboxylic acids is 1. The van der Waals surface area contributed by atoms with Gasteiger partial charge in [0.25, 0.3) is 0 Å². The Hall–Kier alpha value is -1.29. The molecule has 4 heteroatoms. The number of hydrogen-bond acceptors (Lipinski definition) is 3. The van der Waals surface area contributed by atoms with E-state index < -0.39 is 0 Å². The van der Waals surface area contributed by atoms with E-state index in [4.69, 9.17) is 9.52 Å². The van der Waals surface area contributed by atoms with Crippen molar-refractivity contribution in [2.24, 2.45) is 5.92 Å². The Morgan fingerprint density at radius 1 is 1.53 bits per heavy atom. The monoisotopic (exact) mass is 235 g/mol. The minimum Gasteiger partial charge on any atom is -0.469 e. The largest absolute Gasteiger partial charge is 0.469 e. The van der Waals surface area contributed by atoms with Crippen molar-refractivity contribution in [3.05, 3.63) is 24.2 Å². The van der Waals surface area contributed by atoms with Gasteiger partial charge in [0.1, 0.15) is 5.76 Å². The molecule has 2 aliphatic rings. The zero-order chi connectivity index (χ0) is 11.8. The third-order valence-corrected chi connectivity index (χ3v) is 3.63. The van der Waals surface area contributed by atoms with Gasteiger partial charge in [0.2, 0.25) is 5.91 Å². The zero-order valence-electron chi connectivity index (χ0n) is 9.71. The van der Waals surface area contributed by atoms with Crippen LogP contribution in [0.15, 0.2) is 22.8 Å². The van der Waals surface area contributed by atoms with Crippen LogP contribution in [0.4, 0.5) is 0 Å². The van der Waals surface area contributed by atoms with Gasteiger partial charge in [-0.15, -0.1) is 0 Å². The van der Waals surface area contributed by atoms with Gasteiger partial charge < -0.3 is 14.4 Å². The molecule has 2 aliphatic carbocycles. The molecule has 0 spiro atoms. The summed E-state index contributed by atoms with van der Waals surface area (Å²) < 4.78 is 5.33. The van der Waals surface area contributed by atoms with Crippen LogP contribution < -0.4 is 0 Å². The molecular formula is C13H17NO3. The molecule has 2 atom stereocenters. The van der Waals surface area contributed by atoms with Crippen LogP contribution in [0.25, 0.3) is 0 Å². The number of rotatable bonds is 5. The summed E-state index contributed by atoms with van der Waals surface area (Å²) in [6.07, 6.45) is 4.72. The van der Waals surface area contributed by atoms with Gasteiger partial charge in [0, 0.05) is 24.4 Å². The average molecular weight is 235 g/mol. The molecule has 0 radical (unpaired) electrons. The quantitative estimate of drug-likeness (QED) is 0.838. The number of amides is 1. The molecule has 2 saturated carbocycles. The standard InChI is InChI=1S/C13H17NO3/c15-6-5-14(9-3-4-9)13(16)11-8-10(11)12-2-1-7-17-12/h1-2,7,9-11,15H,3-6,8H2. The summed E-state index contributed by atoms with van der Waals surface area (Å²) in [5.41, 5.74) is 0. The van der Waals surface area contributed by atoms with E-state index in [1.807, 2.05) is 17.0 Å². The highest BCUT2D eigenvalue weighted by Crippen LogP contribution is 2.49. The second-order valence-corrected chi connectivity index (χ2v) is 4.95. The Bertz CT molecular complexity index is 397. The lowest BCUT2D eigenvalue weighted by Gasteiger charge is -2.21. The summed E-state index contributed by atoms with van der Waals surface area (Å²) in [6.45, 7) is 0.533. The zero-order valence-corrected chi connectivity index (χ0v) is 9.71. The van der Waals surface area contributed by atoms with Crippen molar-refractivity contribution >= 4 is 5.91 Å². The summed E-state index contributed by atoms with van der Waals surface area (Å²) in [5.74, 6) is 1.46. The van der Waals surface area contributed by atoms with Gasteiger partial charge in [0.15, 0.2) is 0 Å². The van der Waals surface area contributed by atoms with Crippen molar-refractivity contribution in [1.29, 1.82) is 0 Å². The minimum absolute atomic E-state index is 0.0559. The van der Waals surface area contributed by atoms with Crippen LogP contribution in [0.2, 0.25) is 0 Å². The highest BCUT2D eigenvalue weighted by atomic mass is 16.3. The molecule has 0 aromatic carbocycles. The molecule has 1 amide bonds. The Morgan fingerprint density at radius 3 is 2.94 bits per heavy atom. The Morgan fingerprint density at radius 2 is 2.35 bits per heavy atom. The fourth-order valence-corrected chi connectivity index (χ4v) is 2.46. The van der Waals surface area contributed by atoms with Gasteiger partial charge in [-0.3, -0.25) is 4.79 Å². The summed E-state index contributed by atoms with van der Waals surface area (Å²) in [4.78, 5) is 14.1. The maximum absolute atomic E-state index is 12.3. The first-order chi connectivity index (χ1) is 8.31. The van der Waals surface area contributed by atoms with Crippen LogP contribution >= 0.6 is 0 Å². The van der Waals surface area contributed by atoms with Gasteiger partial charge >= 0.3 is 0 Å². The number of carbonyl (C=O) groups is 1. The third kappa shape index (κ3) is 2.09. The number of aliphatic hydroxyl groups is 1. The topological polar surface area (TPSA) is 53.7 Å². The molecule has 1 heterocycles. The molecule has 0 aliphatic heterocycles. The molecule has 17 heavy (non-hydrogen) atoms. The number of aliphatic hydroxyl groups excluding tert-OH is 1. The van der Waals surface area contributed by atoms with Crippen molar-refractivity contribution in [1.82, 2.24) is 4.90 Å². The second-order valence-electron chi connectivity index (χ2n) is 4.95. The van der Waals surface area contributed by atoms with Gasteiger partial charge in [-0.1, -0.05) is 0 Å². The average Bonchev–Trinajstić information content (AvgIpc) is 3.25. The summed E-state index contributed by atoms with van der Waals surface area (Å²) in [7, 11) is 0. The summed E-state index contributed by atoms with van der Waals surface area (Å²) >= 11 is 0. The van der Waals surface area contributed by atoms with E-state index in [1.54, 1.807) is 6.26 Å². The molecule has 2 unspecified atom stereocenters. The first-order valence-electron chi connectivity index (χ1n) is 6.26. The highest BCUT2D eigenvalue weighted by molar-refractivity contribution is 5.83. The van der Waals surface area contributed by atoms with Gasteiger partial charge in [-0.25, -0.2) is 0 Å². The van der Waals surface area contributed by atoms with Crippen LogP contribution in [0.1, 0.15) is 30.9 Å². The fraction of sp³-hybridized carbons (Fsp3) is 0.615. The van der Waals surface area contributed by atoms with Crippen LogP contribution in [-0.4, -0.2) is 35.1 Å². The smallest absolute Gasteiger partial charge is 0.226 e. The molecule has 0 saturated heterocycles. The molecule has 1 aromatic rings. The first kappa shape index (κ1) is 10.8. The van der Waals surface area contributed by atoms with Gasteiger partial charge in [-0.2, -0.15) is 0 Å². The van der Waals surface area contributed by atoms with E-state index in [-0.39, 0.29) is 24.3 Å². The van der Waals surface area contributed by atoms with E-state index in [9.17, 15) is 4.79 Å². The lowest BCUT2D eigenvalue weighted by molar-refractivity contribution is -0.133. The Kier molecular flexibility index (Phi) is 2.67. The summed E-state index contributed by atoms with van der Waals surface area (Å²) in [5, 5.41) is 9.00. The highest BCUT2D eigenvalue weighted by Gasteiger charge is 2.49. The molecular weight excluding hydrogens is 218 g/mol. The first-order valence-corrected chi connectivity index (χ1v) is 6.26. The van der Waals surface area contributed by atoms with Crippen LogP contribution in [0.5, 0.6) is 0 Å². The number of hydrogen-bond donors (Lipinski definition) is 1. The van der Waals surface area contributed by atoms with Crippen molar-refractivity contribution in [2.45, 2.75) is 31.2 Å². The fourth-order valence-electron chi connectivity index (χ4n) is 2.46. The summed E-state index contributed by atoms with van der Waals surface area (Å²) in [6, 6.07) is 4.18. The third-order valence-electron chi connectivity index (χ3n) is 3.63. The van der Waals surface area contributed by atoms with Crippen molar-refractivity contribution in [3.8, 4) is 0 Å². The molecule has 0 bridgehead atoms. The maximum Gasteiger partial charge on any atom is 0.226 e. The lowest BCUT2D eigenvalue weighted by atomic mass is 10.2. The van der Waals surface area contributed by atoms with E-state index in [2.05, 4.69) is 0 Å². The molecule has 1 aromatic heterocycles. The van der Waals surface area contributed by atoms with Crippen molar-refractivity contribution in [2.75, 3.05) is 13.2 Å². The molecule has 4 nitrogen and oxygen atoms in total. The van der Waals surface area contributed by atoms with E-state index in [0.29, 0.717) is 12.6 Å². The van der Waals surface area contributed by atoms with Crippen molar-refractivity contribution in [3.63, 3.8) is 0 Å². The number of nitrogens with zero attached hydrogens (tertiary/aromatic N) is 1. The molecule has 1 N–H and O–H groups in total. The normalized spacial score (nSPS) is 26.9. The predicted octanol–water partition coefficient (Wildman–Crippen LogP) is 1.37. The second kappa shape index (κ2) is 4.18. The Labute approximate surface area is 100 Å². The van der Waals surface area contributed by atoms with E-state index >= 15 is 0 Å². The van der Waals surface area contributed by atoms with Gasteiger partial charge in [-0.05, 0) is 31.4 Å². The molecule has 3 rings (SSSR count). The van der Waals surface area contributed by atoms with Crippen LogP contribution in [0.3, 0.4) is 0 Å². The number of furan rings is 1. The Balaban J connectivity index is 1.63. The molecule has 92 valence electrons. The van der Waals surface area contributed by atoms with Crippen molar-refractivity contribution < 1.29 is 14.3 Å². The minimum atomic E-state index is 0.0559. The maximum atomic E-state index is 12.3. The van der Waals surface area contributed by atoms with E-state index in [1.165, 1.54) is 0 Å². The van der Waals surface area contributed by atoms with E-state index in [0.717, 1.165) is 25.0 Å². The predicted molar refractivity (Wildman–Crippen MR) is 61.4 cm³/mol. The van der Waals surface area contributed by atoms with Crippen LogP contribution in [-0.2, 0) is 4.79 Å². The van der Waals surface area contributed by atoms with Crippen LogP contribution in [0, 0.1) is 5.92 Å². The lowest BCUT2D eigenvalue weighted by Crippen LogP contribution is -2.36. The molecule has 2 fully saturated rings. The van der Waals surface area contributed by atoms with Gasteiger partial charge in [0.05, 0.1) is 12.9 Å².